The molecule has 3 aliphatic rings. The normalized spacial score (nSPS) is 25.2. The molecule has 2 heterocycles. The highest BCUT2D eigenvalue weighted by atomic mass is 32.2. The third-order valence-electron chi connectivity index (χ3n) is 6.88. The Labute approximate surface area is 190 Å². The minimum Gasteiger partial charge on any atom is -0.376 e. The molecule has 8 heteroatoms. The molecule has 2 saturated heterocycles. The number of carbonyl (C=O) groups is 1. The summed E-state index contributed by atoms with van der Waals surface area (Å²) in [6.07, 6.45) is 8.20. The predicted molar refractivity (Wildman–Crippen MR) is 124 cm³/mol. The monoisotopic (exact) mass is 466 g/mol. The van der Waals surface area contributed by atoms with E-state index in [0.29, 0.717) is 12.1 Å². The molecule has 31 heavy (non-hydrogen) atoms. The van der Waals surface area contributed by atoms with Crippen molar-refractivity contribution in [2.45, 2.75) is 74.4 Å². The third kappa shape index (κ3) is 5.29. The lowest BCUT2D eigenvalue weighted by atomic mass is 9.96. The van der Waals surface area contributed by atoms with E-state index in [1.165, 1.54) is 10.7 Å². The van der Waals surface area contributed by atoms with Crippen molar-refractivity contribution in [3.05, 3.63) is 29.8 Å². The van der Waals surface area contributed by atoms with Crippen LogP contribution in [0.3, 0.4) is 0 Å². The average Bonchev–Trinajstić information content (AvgIpc) is 3.51. The standard InChI is InChI=1S/C23H34N2O4S2/c1-24(19-8-3-2-4-9-19)31(27,28)22-11-5-7-18(15-22)23(26)25(20-12-14-30-17-20)16-21-10-6-13-29-21/h5,7,11,15,19-21H,2-4,6,8-10,12-14,16-17H2,1H3. The minimum atomic E-state index is -3.63. The maximum absolute atomic E-state index is 13.5. The molecule has 172 valence electrons. The molecular weight excluding hydrogens is 432 g/mol. The van der Waals surface area contributed by atoms with Gasteiger partial charge >= 0.3 is 0 Å². The van der Waals surface area contributed by atoms with Gasteiger partial charge in [0.25, 0.3) is 5.91 Å². The number of thioether (sulfide) groups is 1. The SMILES string of the molecule is CN(C1CCCCC1)S(=O)(=O)c1cccc(C(=O)N(CC2CCCO2)C2CCSC2)c1. The summed E-state index contributed by atoms with van der Waals surface area (Å²) in [6.45, 7) is 1.34. The van der Waals surface area contributed by atoms with Crippen LogP contribution >= 0.6 is 11.8 Å². The van der Waals surface area contributed by atoms with Gasteiger partial charge in [-0.15, -0.1) is 0 Å². The molecule has 0 N–H and O–H groups in total. The van der Waals surface area contributed by atoms with Crippen molar-refractivity contribution in [2.24, 2.45) is 0 Å². The fraction of sp³-hybridized carbons (Fsp3) is 0.696. The highest BCUT2D eigenvalue weighted by Gasteiger charge is 2.33. The highest BCUT2D eigenvalue weighted by molar-refractivity contribution is 7.99. The van der Waals surface area contributed by atoms with E-state index in [1.807, 2.05) is 16.7 Å². The zero-order chi connectivity index (χ0) is 21.8. The van der Waals surface area contributed by atoms with Crippen LogP contribution in [-0.2, 0) is 14.8 Å². The number of ether oxygens (including phenoxy) is 1. The van der Waals surface area contributed by atoms with E-state index in [-0.39, 0.29) is 29.0 Å². The molecule has 2 aliphatic heterocycles. The fourth-order valence-electron chi connectivity index (χ4n) is 4.94. The van der Waals surface area contributed by atoms with Crippen LogP contribution in [0, 0.1) is 0 Å². The molecule has 1 aliphatic carbocycles. The van der Waals surface area contributed by atoms with E-state index in [9.17, 15) is 13.2 Å². The van der Waals surface area contributed by atoms with Crippen LogP contribution < -0.4 is 0 Å². The van der Waals surface area contributed by atoms with Gasteiger partial charge in [0.2, 0.25) is 10.0 Å². The lowest BCUT2D eigenvalue weighted by Crippen LogP contribution is -2.44. The first-order valence-electron chi connectivity index (χ1n) is 11.6. The third-order valence-corrected chi connectivity index (χ3v) is 9.93. The summed E-state index contributed by atoms with van der Waals surface area (Å²) in [5, 5.41) is 0. The first-order valence-corrected chi connectivity index (χ1v) is 14.1. The van der Waals surface area contributed by atoms with Gasteiger partial charge in [0.1, 0.15) is 0 Å². The largest absolute Gasteiger partial charge is 0.376 e. The van der Waals surface area contributed by atoms with Crippen molar-refractivity contribution in [1.82, 2.24) is 9.21 Å². The summed E-state index contributed by atoms with van der Waals surface area (Å²) in [5.41, 5.74) is 0.452. The Hall–Kier alpha value is -1.09. The van der Waals surface area contributed by atoms with Crippen LogP contribution in [0.25, 0.3) is 0 Å². The van der Waals surface area contributed by atoms with E-state index >= 15 is 0 Å². The van der Waals surface area contributed by atoms with Crippen LogP contribution in [0.2, 0.25) is 0 Å². The van der Waals surface area contributed by atoms with Gasteiger partial charge in [-0.1, -0.05) is 25.3 Å². The van der Waals surface area contributed by atoms with E-state index in [0.717, 1.165) is 63.1 Å². The van der Waals surface area contributed by atoms with Crippen molar-refractivity contribution >= 4 is 27.7 Å². The summed E-state index contributed by atoms with van der Waals surface area (Å²) >= 11 is 1.87. The quantitative estimate of drug-likeness (QED) is 0.612. The zero-order valence-electron chi connectivity index (χ0n) is 18.4. The Bertz CT molecular complexity index is 858. The Morgan fingerprint density at radius 1 is 1.10 bits per heavy atom. The van der Waals surface area contributed by atoms with Crippen LogP contribution in [0.15, 0.2) is 29.2 Å². The number of benzene rings is 1. The lowest BCUT2D eigenvalue weighted by molar-refractivity contribution is 0.0441. The smallest absolute Gasteiger partial charge is 0.254 e. The first-order chi connectivity index (χ1) is 15.0. The topological polar surface area (TPSA) is 66.9 Å². The highest BCUT2D eigenvalue weighted by Crippen LogP contribution is 2.29. The summed E-state index contributed by atoms with van der Waals surface area (Å²) in [7, 11) is -1.95. The molecule has 2 atom stereocenters. The zero-order valence-corrected chi connectivity index (χ0v) is 20.0. The molecule has 1 aromatic rings. The predicted octanol–water partition coefficient (Wildman–Crippen LogP) is 3.77. The number of carbonyl (C=O) groups excluding carboxylic acids is 1. The summed E-state index contributed by atoms with van der Waals surface area (Å²) < 4.78 is 33.9. The van der Waals surface area contributed by atoms with Crippen LogP contribution in [0.4, 0.5) is 0 Å². The number of amides is 1. The Morgan fingerprint density at radius 2 is 1.90 bits per heavy atom. The molecule has 0 radical (unpaired) electrons. The second-order valence-corrected chi connectivity index (χ2v) is 12.1. The van der Waals surface area contributed by atoms with Crippen LogP contribution in [0.1, 0.15) is 61.7 Å². The number of sulfonamides is 1. The van der Waals surface area contributed by atoms with Crippen molar-refractivity contribution in [1.29, 1.82) is 0 Å². The van der Waals surface area contributed by atoms with Gasteiger partial charge in [-0.05, 0) is 56.1 Å². The molecule has 1 aromatic carbocycles. The van der Waals surface area contributed by atoms with Crippen LogP contribution in [-0.4, -0.2) is 73.4 Å². The molecule has 2 unspecified atom stereocenters. The van der Waals surface area contributed by atoms with E-state index < -0.39 is 10.0 Å². The molecule has 0 spiro atoms. The first kappa shape index (κ1) is 23.1. The van der Waals surface area contributed by atoms with Gasteiger partial charge in [0, 0.05) is 43.6 Å². The van der Waals surface area contributed by atoms with Gasteiger partial charge in [-0.25, -0.2) is 8.42 Å². The van der Waals surface area contributed by atoms with Gasteiger partial charge in [0.15, 0.2) is 0 Å². The maximum atomic E-state index is 13.5. The Kier molecular flexibility index (Phi) is 7.62. The van der Waals surface area contributed by atoms with Crippen LogP contribution in [0.5, 0.6) is 0 Å². The number of nitrogens with zero attached hydrogens (tertiary/aromatic N) is 2. The van der Waals surface area contributed by atoms with E-state index in [4.69, 9.17) is 4.74 Å². The average molecular weight is 467 g/mol. The molecule has 4 rings (SSSR count). The van der Waals surface area contributed by atoms with E-state index in [1.54, 1.807) is 31.3 Å². The summed E-state index contributed by atoms with van der Waals surface area (Å²) in [4.78, 5) is 15.7. The van der Waals surface area contributed by atoms with E-state index in [2.05, 4.69) is 0 Å². The number of hydrogen-bond acceptors (Lipinski definition) is 5. The molecule has 0 bridgehead atoms. The molecule has 1 saturated carbocycles. The molecule has 1 amide bonds. The van der Waals surface area contributed by atoms with Gasteiger partial charge in [-0.3, -0.25) is 4.79 Å². The molecular formula is C23H34N2O4S2. The van der Waals surface area contributed by atoms with Gasteiger partial charge in [0.05, 0.1) is 11.0 Å². The van der Waals surface area contributed by atoms with Gasteiger partial charge < -0.3 is 9.64 Å². The second kappa shape index (κ2) is 10.2. The summed E-state index contributed by atoms with van der Waals surface area (Å²) in [6, 6.07) is 6.86. The maximum Gasteiger partial charge on any atom is 0.254 e. The van der Waals surface area contributed by atoms with Gasteiger partial charge in [-0.2, -0.15) is 16.1 Å². The van der Waals surface area contributed by atoms with Crippen molar-refractivity contribution < 1.29 is 17.9 Å². The molecule has 0 aromatic heterocycles. The Morgan fingerprint density at radius 3 is 2.58 bits per heavy atom. The van der Waals surface area contributed by atoms with Crippen molar-refractivity contribution in [3.63, 3.8) is 0 Å². The number of rotatable bonds is 7. The van der Waals surface area contributed by atoms with Crippen molar-refractivity contribution in [3.8, 4) is 0 Å². The second-order valence-electron chi connectivity index (χ2n) is 8.95. The number of hydrogen-bond donors (Lipinski definition) is 0. The fourth-order valence-corrected chi connectivity index (χ4v) is 7.62. The molecule has 6 nitrogen and oxygen atoms in total. The lowest BCUT2D eigenvalue weighted by Gasteiger charge is -2.31. The Balaban J connectivity index is 1.55. The summed E-state index contributed by atoms with van der Waals surface area (Å²) in [5.74, 6) is 1.90. The minimum absolute atomic E-state index is 0.0460. The molecule has 3 fully saturated rings. The van der Waals surface area contributed by atoms with Crippen molar-refractivity contribution in [2.75, 3.05) is 31.7 Å².